The predicted octanol–water partition coefficient (Wildman–Crippen LogP) is 2.93. The van der Waals surface area contributed by atoms with E-state index in [0.717, 1.165) is 27.5 Å². The van der Waals surface area contributed by atoms with Gasteiger partial charge in [0.15, 0.2) is 5.76 Å². The molecule has 14 heteroatoms. The predicted molar refractivity (Wildman–Crippen MR) is 115 cm³/mol. The minimum Gasteiger partial charge on any atom is -0.493 e. The normalized spacial score (nSPS) is 12.0. The van der Waals surface area contributed by atoms with E-state index in [2.05, 4.69) is 10.3 Å². The molecule has 0 radical (unpaired) electrons. The van der Waals surface area contributed by atoms with Crippen molar-refractivity contribution < 1.29 is 35.9 Å². The van der Waals surface area contributed by atoms with Gasteiger partial charge in [-0.3, -0.25) is 14.3 Å². The molecule has 10 nitrogen and oxygen atoms in total. The zero-order valence-electron chi connectivity index (χ0n) is 17.4. The summed E-state index contributed by atoms with van der Waals surface area (Å²) in [5.41, 5.74) is -5.59. The Balaban J connectivity index is 1.63. The number of hydrogen-bond donors (Lipinski definition) is 2. The van der Waals surface area contributed by atoms with Crippen LogP contribution in [0.2, 0.25) is 0 Å². The van der Waals surface area contributed by atoms with Crippen molar-refractivity contribution >= 4 is 21.4 Å². The zero-order valence-corrected chi connectivity index (χ0v) is 18.2. The molecule has 0 unspecified atom stereocenters. The van der Waals surface area contributed by atoms with Crippen LogP contribution in [0.25, 0.3) is 5.69 Å². The highest BCUT2D eigenvalue weighted by molar-refractivity contribution is 7.92. The molecule has 0 aliphatic rings. The summed E-state index contributed by atoms with van der Waals surface area (Å²) in [7, 11) is -5.56. The number of aromatic hydroxyl groups is 1. The highest BCUT2D eigenvalue weighted by atomic mass is 32.2. The van der Waals surface area contributed by atoms with E-state index < -0.39 is 37.7 Å². The van der Waals surface area contributed by atoms with Crippen molar-refractivity contribution in [2.45, 2.75) is 16.9 Å². The van der Waals surface area contributed by atoms with E-state index in [0.29, 0.717) is 17.7 Å². The number of rotatable bonds is 6. The van der Waals surface area contributed by atoms with Gasteiger partial charge in [-0.25, -0.2) is 17.8 Å². The monoisotopic (exact) mass is 508 g/mol. The number of nitrogens with one attached hydrogen (secondary N) is 1. The molecule has 35 heavy (non-hydrogen) atoms. The number of hydrogen-bond acceptors (Lipinski definition) is 7. The minimum atomic E-state index is -5.56. The number of pyridine rings is 1. The van der Waals surface area contributed by atoms with Gasteiger partial charge < -0.3 is 14.8 Å². The summed E-state index contributed by atoms with van der Waals surface area (Å²) in [4.78, 5) is 28.1. The van der Waals surface area contributed by atoms with Gasteiger partial charge in [0.1, 0.15) is 0 Å². The smallest absolute Gasteiger partial charge is 0.493 e. The van der Waals surface area contributed by atoms with E-state index >= 15 is 0 Å². The van der Waals surface area contributed by atoms with Crippen LogP contribution in [0.1, 0.15) is 16.1 Å². The summed E-state index contributed by atoms with van der Waals surface area (Å²) in [6, 6.07) is 7.83. The van der Waals surface area contributed by atoms with Gasteiger partial charge in [0.25, 0.3) is 15.7 Å². The maximum atomic E-state index is 12.9. The number of carbonyl (C=O) groups excluding carboxylic acids is 1. The number of amides is 1. The molecule has 0 aliphatic heterocycles. The fourth-order valence-corrected chi connectivity index (χ4v) is 3.95. The molecule has 2 N–H and O–H groups in total. The Morgan fingerprint density at radius 2 is 1.86 bits per heavy atom. The number of furan rings is 1. The first-order valence-corrected chi connectivity index (χ1v) is 11.2. The highest BCUT2D eigenvalue weighted by Crippen LogP contribution is 2.30. The number of benzene rings is 1. The Kier molecular flexibility index (Phi) is 5.98. The molecular weight excluding hydrogens is 493 g/mol. The van der Waals surface area contributed by atoms with Crippen LogP contribution in [-0.2, 0) is 16.4 Å². The van der Waals surface area contributed by atoms with Crippen molar-refractivity contribution in [1.82, 2.24) is 14.1 Å². The summed E-state index contributed by atoms with van der Waals surface area (Å²) in [5.74, 6) is -1.04. The maximum Gasteiger partial charge on any atom is 0.501 e. The molecule has 4 rings (SSSR count). The van der Waals surface area contributed by atoms with Gasteiger partial charge in [0.2, 0.25) is 5.88 Å². The lowest BCUT2D eigenvalue weighted by atomic mass is 10.2. The van der Waals surface area contributed by atoms with Crippen LogP contribution in [-0.4, -0.2) is 39.1 Å². The largest absolute Gasteiger partial charge is 0.501 e. The van der Waals surface area contributed by atoms with Gasteiger partial charge in [-0.1, -0.05) is 0 Å². The average Bonchev–Trinajstić information content (AvgIpc) is 3.43. The number of aromatic nitrogens is 3. The van der Waals surface area contributed by atoms with Crippen molar-refractivity contribution in [3.63, 3.8) is 0 Å². The van der Waals surface area contributed by atoms with Crippen LogP contribution >= 0.6 is 0 Å². The van der Waals surface area contributed by atoms with Crippen LogP contribution in [0.4, 0.5) is 18.9 Å². The number of nitrogens with zero attached hydrogens (tertiary/aromatic N) is 3. The third kappa shape index (κ3) is 4.55. The summed E-state index contributed by atoms with van der Waals surface area (Å²) in [6.45, 7) is -0.115. The molecule has 3 aromatic heterocycles. The lowest BCUT2D eigenvalue weighted by Gasteiger charge is -2.10. The van der Waals surface area contributed by atoms with Crippen molar-refractivity contribution in [2.75, 3.05) is 5.32 Å². The Morgan fingerprint density at radius 1 is 1.14 bits per heavy atom. The van der Waals surface area contributed by atoms with Gasteiger partial charge >= 0.3 is 11.2 Å². The molecule has 0 fully saturated rings. The molecule has 0 bridgehead atoms. The van der Waals surface area contributed by atoms with E-state index in [1.54, 1.807) is 0 Å². The van der Waals surface area contributed by atoms with Gasteiger partial charge in [0, 0.05) is 6.20 Å². The third-order valence-corrected chi connectivity index (χ3v) is 6.39. The molecule has 1 aromatic carbocycles. The Bertz CT molecular complexity index is 1540. The summed E-state index contributed by atoms with van der Waals surface area (Å²) >= 11 is 0. The molecule has 4 aromatic rings. The molecule has 0 spiro atoms. The van der Waals surface area contributed by atoms with Crippen LogP contribution in [0, 0.1) is 0 Å². The molecular formula is C21H15F3N4O6S. The van der Waals surface area contributed by atoms with Crippen LogP contribution < -0.4 is 11.0 Å². The van der Waals surface area contributed by atoms with E-state index in [-0.39, 0.29) is 23.7 Å². The fraction of sp³-hybridized carbons (Fsp3) is 0.0952. The molecule has 0 atom stereocenters. The number of imidazole rings is 1. The highest BCUT2D eigenvalue weighted by Gasteiger charge is 2.46. The van der Waals surface area contributed by atoms with E-state index in [9.17, 15) is 36.3 Å². The summed E-state index contributed by atoms with van der Waals surface area (Å²) < 4.78 is 68.2. The number of anilines is 1. The number of alkyl halides is 3. The lowest BCUT2D eigenvalue weighted by molar-refractivity contribution is -0.0436. The second-order valence-corrected chi connectivity index (χ2v) is 9.08. The van der Waals surface area contributed by atoms with Crippen molar-refractivity contribution in [3.05, 3.63) is 89.1 Å². The first kappa shape index (κ1) is 23.8. The Hall–Kier alpha value is -4.33. The van der Waals surface area contributed by atoms with Crippen molar-refractivity contribution in [2.24, 2.45) is 0 Å². The maximum absolute atomic E-state index is 12.9. The first-order valence-electron chi connectivity index (χ1n) is 9.70. The molecule has 3 heterocycles. The van der Waals surface area contributed by atoms with E-state index in [4.69, 9.17) is 4.42 Å². The van der Waals surface area contributed by atoms with Crippen molar-refractivity contribution in [3.8, 4) is 11.6 Å². The lowest BCUT2D eigenvalue weighted by Crippen LogP contribution is -2.25. The first-order chi connectivity index (χ1) is 16.5. The third-order valence-electron chi connectivity index (χ3n) is 4.89. The van der Waals surface area contributed by atoms with Gasteiger partial charge in [0.05, 0.1) is 41.5 Å². The molecule has 182 valence electrons. The number of carbonyl (C=O) groups is 1. The molecule has 0 saturated heterocycles. The topological polar surface area (TPSA) is 136 Å². The van der Waals surface area contributed by atoms with Crippen molar-refractivity contribution in [1.29, 1.82) is 0 Å². The molecule has 1 amide bonds. The standard InChI is InChI=1S/C21H15F3N4O6S/c22-21(23,24)35(32,33)15-5-3-14(4-6-15)28-18(29)12-27(20(28)31)11-13-7-8-25-10-16(13)26-19(30)17-2-1-9-34-17/h1-10,12,29H,11H2,(H,26,30). The molecule has 0 saturated carbocycles. The van der Waals surface area contributed by atoms with E-state index in [1.807, 2.05) is 0 Å². The Labute approximate surface area is 194 Å². The summed E-state index contributed by atoms with van der Waals surface area (Å²) in [5, 5.41) is 12.9. The zero-order chi connectivity index (χ0) is 25.4. The average molecular weight is 508 g/mol. The van der Waals surface area contributed by atoms with Crippen LogP contribution in [0.15, 0.2) is 81.4 Å². The number of sulfone groups is 1. The van der Waals surface area contributed by atoms with Gasteiger partial charge in [-0.2, -0.15) is 13.2 Å². The number of halogens is 3. The SMILES string of the molecule is O=C(Nc1cnccc1Cn1cc(O)n(-c2ccc(S(=O)(=O)C(F)(F)F)cc2)c1=O)c1ccco1. The second-order valence-electron chi connectivity index (χ2n) is 7.14. The van der Waals surface area contributed by atoms with Crippen LogP contribution in [0.3, 0.4) is 0 Å². The van der Waals surface area contributed by atoms with Gasteiger partial charge in [-0.15, -0.1) is 0 Å². The minimum absolute atomic E-state index is 0.0525. The Morgan fingerprint density at radius 3 is 2.49 bits per heavy atom. The summed E-state index contributed by atoms with van der Waals surface area (Å²) in [6.07, 6.45) is 5.20. The second kappa shape index (κ2) is 8.79. The molecule has 0 aliphatic carbocycles. The quantitative estimate of drug-likeness (QED) is 0.409. The fourth-order valence-electron chi connectivity index (χ4n) is 3.19. The van der Waals surface area contributed by atoms with Gasteiger partial charge in [-0.05, 0) is 48.0 Å². The van der Waals surface area contributed by atoms with Crippen LogP contribution in [0.5, 0.6) is 5.88 Å². The van der Waals surface area contributed by atoms with E-state index in [1.165, 1.54) is 36.9 Å².